The Kier molecular flexibility index (Phi) is 4.79. The van der Waals surface area contributed by atoms with E-state index in [1.165, 1.54) is 47.2 Å². The summed E-state index contributed by atoms with van der Waals surface area (Å²) >= 11 is 0. The van der Waals surface area contributed by atoms with Crippen molar-refractivity contribution < 1.29 is 0 Å². The summed E-state index contributed by atoms with van der Waals surface area (Å²) in [5, 5.41) is 5.64. The van der Waals surface area contributed by atoms with Crippen LogP contribution in [-0.4, -0.2) is 0 Å². The number of rotatable bonds is 0. The van der Waals surface area contributed by atoms with Crippen LogP contribution in [0.25, 0.3) is 21.5 Å². The summed E-state index contributed by atoms with van der Waals surface area (Å²) in [6, 6.07) is 18.0. The molecule has 0 saturated carbocycles. The molecule has 3 aromatic rings. The average Bonchev–Trinajstić information content (AvgIpc) is 2.46. The van der Waals surface area contributed by atoms with Crippen LogP contribution in [0.1, 0.15) is 24.0 Å². The fourth-order valence-corrected chi connectivity index (χ4v) is 3.34. The first kappa shape index (κ1) is 15.4. The van der Waals surface area contributed by atoms with Gasteiger partial charge in [-0.1, -0.05) is 48.5 Å². The maximum Gasteiger partial charge on any atom is -0.0102 e. The topological polar surface area (TPSA) is 0 Å². The van der Waals surface area contributed by atoms with Crippen LogP contribution in [0.2, 0.25) is 0 Å². The van der Waals surface area contributed by atoms with Gasteiger partial charge in [-0.3, -0.25) is 0 Å². The van der Waals surface area contributed by atoms with Crippen LogP contribution in [0, 0.1) is 0 Å². The molecule has 1 aliphatic rings. The normalized spacial score (nSPS) is 13.4. The summed E-state index contributed by atoms with van der Waals surface area (Å²) in [4.78, 5) is 0. The highest BCUT2D eigenvalue weighted by Crippen LogP contribution is 2.32. The predicted molar refractivity (Wildman–Crippen MR) is 100 cm³/mol. The van der Waals surface area contributed by atoms with Gasteiger partial charge in [-0.25, -0.2) is 0 Å². The fourth-order valence-electron chi connectivity index (χ4n) is 3.34. The van der Waals surface area contributed by atoms with Crippen molar-refractivity contribution in [3.05, 3.63) is 59.7 Å². The Balaban J connectivity index is 0.000000735. The molecule has 0 aromatic heterocycles. The molecule has 0 fully saturated rings. The van der Waals surface area contributed by atoms with Crippen LogP contribution in [-0.2, 0) is 12.8 Å². The molecular weight excluding hydrogens is 278 g/mol. The summed E-state index contributed by atoms with van der Waals surface area (Å²) in [6.07, 6.45) is 5.22. The second-order valence-corrected chi connectivity index (χ2v) is 5.29. The van der Waals surface area contributed by atoms with Crippen LogP contribution in [0.3, 0.4) is 0 Å². The highest BCUT2D eigenvalue weighted by atomic mass is 31.0. The molecule has 0 nitrogen and oxygen atoms in total. The molecule has 104 valence electrons. The minimum absolute atomic E-state index is 0. The molecule has 0 bridgehead atoms. The maximum atomic E-state index is 2.35. The van der Waals surface area contributed by atoms with Crippen molar-refractivity contribution in [3.63, 3.8) is 0 Å². The predicted octanol–water partition coefficient (Wildman–Crippen LogP) is 4.99. The molecule has 0 saturated heterocycles. The first-order valence-electron chi connectivity index (χ1n) is 6.86. The van der Waals surface area contributed by atoms with Crippen molar-refractivity contribution in [1.29, 1.82) is 0 Å². The van der Waals surface area contributed by atoms with Gasteiger partial charge in [0.05, 0.1) is 0 Å². The number of aryl methyl sites for hydroxylation is 2. The fraction of sp³-hybridized carbons (Fsp3) is 0.222. The van der Waals surface area contributed by atoms with Gasteiger partial charge in [0.25, 0.3) is 0 Å². The molecular formula is C18H22P2. The third-order valence-electron chi connectivity index (χ3n) is 4.26. The highest BCUT2D eigenvalue weighted by molar-refractivity contribution is 6.92. The van der Waals surface area contributed by atoms with E-state index in [-0.39, 0.29) is 19.8 Å². The second-order valence-electron chi connectivity index (χ2n) is 5.29. The summed E-state index contributed by atoms with van der Waals surface area (Å²) in [5.74, 6) is 0. The smallest absolute Gasteiger partial charge is 0.0102 e. The zero-order valence-electron chi connectivity index (χ0n) is 11.9. The molecule has 20 heavy (non-hydrogen) atoms. The van der Waals surface area contributed by atoms with Gasteiger partial charge in [-0.05, 0) is 58.4 Å². The maximum absolute atomic E-state index is 2.35. The third kappa shape index (κ3) is 2.37. The molecule has 2 unspecified atom stereocenters. The van der Waals surface area contributed by atoms with Crippen molar-refractivity contribution in [3.8, 4) is 0 Å². The van der Waals surface area contributed by atoms with E-state index in [1.54, 1.807) is 11.1 Å². The number of hydrogen-bond donors (Lipinski definition) is 0. The SMILES string of the molecule is P.P.c1ccc2c(c1)ccc1c3c(ccc12)CCCC3. The van der Waals surface area contributed by atoms with Crippen LogP contribution in [0.5, 0.6) is 0 Å². The number of hydrogen-bond acceptors (Lipinski definition) is 0. The molecule has 0 amide bonds. The summed E-state index contributed by atoms with van der Waals surface area (Å²) < 4.78 is 0. The summed E-state index contributed by atoms with van der Waals surface area (Å²) in [5.41, 5.74) is 3.17. The van der Waals surface area contributed by atoms with Crippen LogP contribution in [0.4, 0.5) is 0 Å². The number of fused-ring (bicyclic) bond motifs is 5. The molecule has 0 spiro atoms. The van der Waals surface area contributed by atoms with Crippen molar-refractivity contribution in [2.75, 3.05) is 0 Å². The minimum atomic E-state index is 0. The lowest BCUT2D eigenvalue weighted by molar-refractivity contribution is 0.690. The first-order chi connectivity index (χ1) is 8.93. The van der Waals surface area contributed by atoms with E-state index in [9.17, 15) is 0 Å². The Labute approximate surface area is 127 Å². The van der Waals surface area contributed by atoms with E-state index in [4.69, 9.17) is 0 Å². The van der Waals surface area contributed by atoms with Crippen molar-refractivity contribution in [1.82, 2.24) is 0 Å². The molecule has 0 N–H and O–H groups in total. The second kappa shape index (κ2) is 6.21. The lowest BCUT2D eigenvalue weighted by Crippen LogP contribution is -2.02. The molecule has 0 aliphatic heterocycles. The minimum Gasteiger partial charge on any atom is -0.153 e. The van der Waals surface area contributed by atoms with Crippen molar-refractivity contribution >= 4 is 41.3 Å². The Hall–Kier alpha value is -0.960. The van der Waals surface area contributed by atoms with Crippen molar-refractivity contribution in [2.24, 2.45) is 0 Å². The van der Waals surface area contributed by atoms with Gasteiger partial charge < -0.3 is 0 Å². The standard InChI is InChI=1S/C18H16.2H3P/c1-3-7-15-13(5-1)9-11-18-16-8-4-2-6-14(16)10-12-17(15)18;;/h1,3,5,7,9-12H,2,4,6,8H2;2*1H3. The van der Waals surface area contributed by atoms with Crippen LogP contribution in [0.15, 0.2) is 48.5 Å². The van der Waals surface area contributed by atoms with Crippen LogP contribution < -0.4 is 0 Å². The monoisotopic (exact) mass is 300 g/mol. The van der Waals surface area contributed by atoms with Gasteiger partial charge in [0.2, 0.25) is 0 Å². The zero-order chi connectivity index (χ0) is 11.9. The van der Waals surface area contributed by atoms with Gasteiger partial charge >= 0.3 is 0 Å². The molecule has 4 rings (SSSR count). The van der Waals surface area contributed by atoms with Gasteiger partial charge in [0, 0.05) is 0 Å². The molecule has 3 aromatic carbocycles. The third-order valence-corrected chi connectivity index (χ3v) is 4.26. The summed E-state index contributed by atoms with van der Waals surface area (Å²) in [7, 11) is 0. The van der Waals surface area contributed by atoms with E-state index in [0.29, 0.717) is 0 Å². The van der Waals surface area contributed by atoms with Gasteiger partial charge in [-0.2, -0.15) is 19.8 Å². The highest BCUT2D eigenvalue weighted by Gasteiger charge is 2.12. The zero-order valence-corrected chi connectivity index (χ0v) is 14.7. The number of benzene rings is 3. The van der Waals surface area contributed by atoms with Gasteiger partial charge in [-0.15, -0.1) is 0 Å². The molecule has 0 heterocycles. The Bertz CT molecular complexity index is 747. The Morgan fingerprint density at radius 1 is 0.600 bits per heavy atom. The first-order valence-corrected chi connectivity index (χ1v) is 6.86. The summed E-state index contributed by atoms with van der Waals surface area (Å²) in [6.45, 7) is 0. The lowest BCUT2D eigenvalue weighted by Gasteiger charge is -2.18. The molecule has 2 atom stereocenters. The van der Waals surface area contributed by atoms with Crippen LogP contribution >= 0.6 is 19.8 Å². The van der Waals surface area contributed by atoms with E-state index in [1.807, 2.05) is 0 Å². The van der Waals surface area contributed by atoms with E-state index < -0.39 is 0 Å². The average molecular weight is 300 g/mol. The Morgan fingerprint density at radius 3 is 2.25 bits per heavy atom. The van der Waals surface area contributed by atoms with E-state index >= 15 is 0 Å². The molecule has 0 radical (unpaired) electrons. The van der Waals surface area contributed by atoms with E-state index in [0.717, 1.165) is 0 Å². The quantitative estimate of drug-likeness (QED) is 0.405. The lowest BCUT2D eigenvalue weighted by atomic mass is 9.86. The van der Waals surface area contributed by atoms with E-state index in [2.05, 4.69) is 48.5 Å². The molecule has 1 aliphatic carbocycles. The van der Waals surface area contributed by atoms with Gasteiger partial charge in [0.1, 0.15) is 0 Å². The largest absolute Gasteiger partial charge is 0.153 e. The van der Waals surface area contributed by atoms with Crippen molar-refractivity contribution in [2.45, 2.75) is 25.7 Å². The molecule has 2 heteroatoms. The van der Waals surface area contributed by atoms with Gasteiger partial charge in [0.15, 0.2) is 0 Å². The Morgan fingerprint density at radius 2 is 1.35 bits per heavy atom.